The molecule has 0 spiro atoms. The number of piperidine rings is 1. The van der Waals surface area contributed by atoms with Crippen LogP contribution in [0, 0.1) is 5.92 Å². The molecular weight excluding hydrogens is 295 g/mol. The maximum absolute atomic E-state index is 12.0. The van der Waals surface area contributed by atoms with E-state index < -0.39 is 29.4 Å². The Morgan fingerprint density at radius 1 is 1.35 bits per heavy atom. The number of halogens is 3. The Balaban J connectivity index is 2.45. The summed E-state index contributed by atoms with van der Waals surface area (Å²) < 4.78 is 63.2. The van der Waals surface area contributed by atoms with Gasteiger partial charge >= 0.3 is 6.18 Å². The fourth-order valence-electron chi connectivity index (χ4n) is 2.17. The molecule has 9 heteroatoms. The lowest BCUT2D eigenvalue weighted by Crippen LogP contribution is -2.48. The molecule has 5 nitrogen and oxygen atoms in total. The molecule has 0 amide bonds. The Labute approximate surface area is 118 Å². The maximum atomic E-state index is 12.0. The van der Waals surface area contributed by atoms with Gasteiger partial charge in [-0.2, -0.15) is 25.9 Å². The molecule has 0 bridgehead atoms. The number of rotatable bonds is 7. The summed E-state index contributed by atoms with van der Waals surface area (Å²) >= 11 is 0. The van der Waals surface area contributed by atoms with Crippen molar-refractivity contribution < 1.29 is 21.6 Å². The Kier molecular flexibility index (Phi) is 6.70. The molecule has 1 aliphatic heterocycles. The van der Waals surface area contributed by atoms with E-state index in [0.29, 0.717) is 13.1 Å². The second-order valence-corrected chi connectivity index (χ2v) is 6.69. The third kappa shape index (κ3) is 6.38. The molecule has 1 fully saturated rings. The largest absolute Gasteiger partial charge is 0.390 e. The van der Waals surface area contributed by atoms with Crippen molar-refractivity contribution in [3.63, 3.8) is 0 Å². The highest BCUT2D eigenvalue weighted by Crippen LogP contribution is 2.20. The molecule has 0 aromatic heterocycles. The van der Waals surface area contributed by atoms with Gasteiger partial charge < -0.3 is 5.32 Å². The van der Waals surface area contributed by atoms with E-state index in [0.717, 1.165) is 25.9 Å². The third-order valence-corrected chi connectivity index (χ3v) is 4.78. The van der Waals surface area contributed by atoms with E-state index in [2.05, 4.69) is 5.32 Å². The van der Waals surface area contributed by atoms with Gasteiger partial charge in [0.15, 0.2) is 0 Å². The second-order valence-electron chi connectivity index (χ2n) is 4.94. The molecule has 20 heavy (non-hydrogen) atoms. The molecule has 1 saturated heterocycles. The monoisotopic (exact) mass is 317 g/mol. The molecular formula is C11H22F3N3O2S. The predicted octanol–water partition coefficient (Wildman–Crippen LogP) is 1.09. The number of alkyl halides is 3. The highest BCUT2D eigenvalue weighted by atomic mass is 32.2. The van der Waals surface area contributed by atoms with E-state index in [9.17, 15) is 21.6 Å². The number of nitrogens with one attached hydrogen (secondary N) is 2. The summed E-state index contributed by atoms with van der Waals surface area (Å²) in [5.41, 5.74) is 0. The van der Waals surface area contributed by atoms with Gasteiger partial charge in [-0.3, -0.25) is 0 Å². The van der Waals surface area contributed by atoms with Crippen LogP contribution in [0.3, 0.4) is 0 Å². The zero-order chi connectivity index (χ0) is 15.2. The van der Waals surface area contributed by atoms with E-state index in [1.807, 2.05) is 11.6 Å². The van der Waals surface area contributed by atoms with Gasteiger partial charge in [0.05, 0.1) is 6.42 Å². The molecule has 2 N–H and O–H groups in total. The van der Waals surface area contributed by atoms with Crippen LogP contribution in [0.25, 0.3) is 0 Å². The van der Waals surface area contributed by atoms with Crippen LogP contribution in [0.15, 0.2) is 0 Å². The first-order valence-corrected chi connectivity index (χ1v) is 8.21. The van der Waals surface area contributed by atoms with Crippen molar-refractivity contribution >= 4 is 10.2 Å². The Bertz CT molecular complexity index is 387. The van der Waals surface area contributed by atoms with E-state index in [4.69, 9.17) is 0 Å². The Morgan fingerprint density at radius 3 is 2.65 bits per heavy atom. The molecule has 1 heterocycles. The minimum Gasteiger partial charge on any atom is -0.317 e. The van der Waals surface area contributed by atoms with E-state index in [1.165, 1.54) is 4.31 Å². The van der Waals surface area contributed by atoms with Crippen LogP contribution in [-0.2, 0) is 10.2 Å². The van der Waals surface area contributed by atoms with E-state index >= 15 is 0 Å². The smallest absolute Gasteiger partial charge is 0.317 e. The summed E-state index contributed by atoms with van der Waals surface area (Å²) in [4.78, 5) is 0. The summed E-state index contributed by atoms with van der Waals surface area (Å²) in [5.74, 6) is 0.211. The standard InChI is InChI=1S/C11H22F3N3O2S/c1-2-15-8-10-4-3-7-17(9-10)20(18,19)16-6-5-11(12,13)14/h10,15-16H,2-9H2,1H3. The quantitative estimate of drug-likeness (QED) is 0.739. The highest BCUT2D eigenvalue weighted by molar-refractivity contribution is 7.87. The van der Waals surface area contributed by atoms with Crippen molar-refractivity contribution in [2.24, 2.45) is 5.92 Å². The first kappa shape index (κ1) is 17.7. The van der Waals surface area contributed by atoms with Crippen LogP contribution in [0.1, 0.15) is 26.2 Å². The molecule has 120 valence electrons. The molecule has 1 aliphatic rings. The molecule has 1 atom stereocenters. The van der Waals surface area contributed by atoms with Crippen molar-refractivity contribution in [1.82, 2.24) is 14.3 Å². The van der Waals surface area contributed by atoms with Gasteiger partial charge in [-0.15, -0.1) is 0 Å². The summed E-state index contributed by atoms with van der Waals surface area (Å²) in [6.45, 7) is 3.62. The number of hydrogen-bond donors (Lipinski definition) is 2. The SMILES string of the molecule is CCNCC1CCCN(S(=O)(=O)NCCC(F)(F)F)C1. The van der Waals surface area contributed by atoms with Gasteiger partial charge in [-0.05, 0) is 31.8 Å². The van der Waals surface area contributed by atoms with Gasteiger partial charge in [0.1, 0.15) is 0 Å². The van der Waals surface area contributed by atoms with Gasteiger partial charge in [0, 0.05) is 19.6 Å². The van der Waals surface area contributed by atoms with Crippen molar-refractivity contribution in [3.8, 4) is 0 Å². The molecule has 0 aliphatic carbocycles. The zero-order valence-electron chi connectivity index (χ0n) is 11.5. The predicted molar refractivity (Wildman–Crippen MR) is 70.4 cm³/mol. The van der Waals surface area contributed by atoms with E-state index in [1.54, 1.807) is 0 Å². The average Bonchev–Trinajstić information content (AvgIpc) is 2.35. The van der Waals surface area contributed by atoms with E-state index in [-0.39, 0.29) is 5.92 Å². The summed E-state index contributed by atoms with van der Waals surface area (Å²) in [6, 6.07) is 0. The molecule has 0 radical (unpaired) electrons. The van der Waals surface area contributed by atoms with Crippen LogP contribution in [0.5, 0.6) is 0 Å². The molecule has 0 aromatic carbocycles. The number of hydrogen-bond acceptors (Lipinski definition) is 3. The fourth-order valence-corrected chi connectivity index (χ4v) is 3.49. The lowest BCUT2D eigenvalue weighted by molar-refractivity contribution is -0.132. The van der Waals surface area contributed by atoms with Crippen LogP contribution in [0.2, 0.25) is 0 Å². The molecule has 1 rings (SSSR count). The van der Waals surface area contributed by atoms with Gasteiger partial charge in [0.2, 0.25) is 0 Å². The van der Waals surface area contributed by atoms with Crippen LogP contribution < -0.4 is 10.0 Å². The topological polar surface area (TPSA) is 61.4 Å². The second kappa shape index (κ2) is 7.58. The third-order valence-electron chi connectivity index (χ3n) is 3.20. The Hall–Kier alpha value is -0.380. The van der Waals surface area contributed by atoms with Crippen LogP contribution in [0.4, 0.5) is 13.2 Å². The minimum atomic E-state index is -4.35. The molecule has 0 saturated carbocycles. The van der Waals surface area contributed by atoms with Gasteiger partial charge in [-0.1, -0.05) is 6.92 Å². The maximum Gasteiger partial charge on any atom is 0.390 e. The van der Waals surface area contributed by atoms with Crippen molar-refractivity contribution in [2.75, 3.05) is 32.7 Å². The highest BCUT2D eigenvalue weighted by Gasteiger charge is 2.31. The normalized spacial score (nSPS) is 22.1. The zero-order valence-corrected chi connectivity index (χ0v) is 12.4. The number of nitrogens with zero attached hydrogens (tertiary/aromatic N) is 1. The fraction of sp³-hybridized carbons (Fsp3) is 1.00. The first-order valence-electron chi connectivity index (χ1n) is 6.77. The minimum absolute atomic E-state index is 0.211. The Morgan fingerprint density at radius 2 is 2.05 bits per heavy atom. The molecule has 0 aromatic rings. The first-order chi connectivity index (χ1) is 9.24. The van der Waals surface area contributed by atoms with Crippen molar-refractivity contribution in [3.05, 3.63) is 0 Å². The van der Waals surface area contributed by atoms with Crippen molar-refractivity contribution in [2.45, 2.75) is 32.4 Å². The average molecular weight is 317 g/mol. The molecule has 1 unspecified atom stereocenters. The van der Waals surface area contributed by atoms with Crippen LogP contribution >= 0.6 is 0 Å². The van der Waals surface area contributed by atoms with Crippen molar-refractivity contribution in [1.29, 1.82) is 0 Å². The summed E-state index contributed by atoms with van der Waals surface area (Å²) in [7, 11) is -3.81. The summed E-state index contributed by atoms with van der Waals surface area (Å²) in [5, 5.41) is 3.16. The van der Waals surface area contributed by atoms with Gasteiger partial charge in [-0.25, -0.2) is 4.72 Å². The van der Waals surface area contributed by atoms with Crippen LogP contribution in [-0.4, -0.2) is 51.6 Å². The lowest BCUT2D eigenvalue weighted by atomic mass is 10.00. The summed E-state index contributed by atoms with van der Waals surface area (Å²) in [6.07, 6.45) is -3.84. The van der Waals surface area contributed by atoms with Gasteiger partial charge in [0.25, 0.3) is 10.2 Å². The lowest BCUT2D eigenvalue weighted by Gasteiger charge is -2.32.